The van der Waals surface area contributed by atoms with E-state index in [4.69, 9.17) is 13.9 Å². The molecule has 0 saturated carbocycles. The van der Waals surface area contributed by atoms with Crippen LogP contribution < -0.4 is 14.8 Å². The number of halogens is 1. The number of hydrogen-bond donors (Lipinski definition) is 1. The quantitative estimate of drug-likeness (QED) is 0.873. The van der Waals surface area contributed by atoms with Gasteiger partial charge >= 0.3 is 0 Å². The van der Waals surface area contributed by atoms with Crippen molar-refractivity contribution in [1.29, 1.82) is 0 Å². The molecule has 1 aromatic heterocycles. The maximum atomic E-state index is 5.33. The van der Waals surface area contributed by atoms with E-state index in [1.807, 2.05) is 31.3 Å². The van der Waals surface area contributed by atoms with Crippen LogP contribution in [-0.2, 0) is 6.42 Å². The Hall–Kier alpha value is -1.46. The van der Waals surface area contributed by atoms with Crippen LogP contribution in [-0.4, -0.2) is 21.3 Å². The van der Waals surface area contributed by atoms with Crippen molar-refractivity contribution in [2.75, 3.05) is 21.3 Å². The fraction of sp³-hybridized carbons (Fsp3) is 0.333. The molecule has 0 aliphatic heterocycles. The number of benzene rings is 1. The normalized spacial score (nSPS) is 12.2. The minimum absolute atomic E-state index is 0.168. The summed E-state index contributed by atoms with van der Waals surface area (Å²) in [5.74, 6) is 1.48. The van der Waals surface area contributed by atoms with Crippen LogP contribution in [0.5, 0.6) is 11.5 Å². The second-order valence-corrected chi connectivity index (χ2v) is 5.10. The fourth-order valence-corrected chi connectivity index (χ4v) is 2.68. The zero-order valence-electron chi connectivity index (χ0n) is 11.8. The fourth-order valence-electron chi connectivity index (χ4n) is 2.16. The highest BCUT2D eigenvalue weighted by atomic mass is 79.9. The Balaban J connectivity index is 2.22. The smallest absolute Gasteiger partial charge is 0.173 e. The number of ether oxygens (including phenoxy) is 2. The monoisotopic (exact) mass is 339 g/mol. The molecule has 1 N–H and O–H groups in total. The molecular weight excluding hydrogens is 322 g/mol. The Bertz CT molecular complexity index is 568. The zero-order valence-corrected chi connectivity index (χ0v) is 13.4. The van der Waals surface area contributed by atoms with Crippen molar-refractivity contribution in [2.45, 2.75) is 12.5 Å². The van der Waals surface area contributed by atoms with Gasteiger partial charge in [0.2, 0.25) is 0 Å². The molecule has 0 radical (unpaired) electrons. The number of nitrogens with one attached hydrogen (secondary N) is 1. The van der Waals surface area contributed by atoms with Crippen molar-refractivity contribution in [3.63, 3.8) is 0 Å². The number of likely N-dealkylation sites (N-methyl/N-ethyl adjacent to an activating group) is 1. The van der Waals surface area contributed by atoms with Crippen molar-refractivity contribution in [1.82, 2.24) is 5.32 Å². The predicted octanol–water partition coefficient (Wildman–Crippen LogP) is 3.56. The predicted molar refractivity (Wildman–Crippen MR) is 81.5 cm³/mol. The summed E-state index contributed by atoms with van der Waals surface area (Å²) in [5, 5.41) is 3.30. The van der Waals surface area contributed by atoms with Gasteiger partial charge in [0.1, 0.15) is 0 Å². The van der Waals surface area contributed by atoms with E-state index in [1.54, 1.807) is 20.5 Å². The van der Waals surface area contributed by atoms with E-state index in [0.29, 0.717) is 0 Å². The van der Waals surface area contributed by atoms with Gasteiger partial charge in [-0.1, -0.05) is 6.07 Å². The molecule has 0 spiro atoms. The highest BCUT2D eigenvalue weighted by molar-refractivity contribution is 9.10. The average molecular weight is 340 g/mol. The highest BCUT2D eigenvalue weighted by Crippen LogP contribution is 2.31. The van der Waals surface area contributed by atoms with Crippen LogP contribution in [0.4, 0.5) is 0 Å². The lowest BCUT2D eigenvalue weighted by atomic mass is 10.0. The van der Waals surface area contributed by atoms with E-state index in [0.717, 1.165) is 33.7 Å². The zero-order chi connectivity index (χ0) is 14.5. The molecule has 0 fully saturated rings. The maximum Gasteiger partial charge on any atom is 0.173 e. The lowest BCUT2D eigenvalue weighted by molar-refractivity contribution is 0.354. The van der Waals surface area contributed by atoms with Gasteiger partial charge < -0.3 is 19.2 Å². The second-order valence-electron chi connectivity index (χ2n) is 4.38. The van der Waals surface area contributed by atoms with Crippen molar-refractivity contribution in [2.24, 2.45) is 0 Å². The summed E-state index contributed by atoms with van der Waals surface area (Å²) in [4.78, 5) is 0. The molecule has 1 heterocycles. The summed E-state index contributed by atoms with van der Waals surface area (Å²) in [6.07, 6.45) is 2.51. The molecule has 0 aliphatic rings. The Morgan fingerprint density at radius 1 is 1.20 bits per heavy atom. The third kappa shape index (κ3) is 3.16. The van der Waals surface area contributed by atoms with Gasteiger partial charge in [0.05, 0.1) is 20.5 Å². The van der Waals surface area contributed by atoms with Gasteiger partial charge in [0.25, 0.3) is 0 Å². The Kier molecular flexibility index (Phi) is 5.09. The van der Waals surface area contributed by atoms with E-state index in [9.17, 15) is 0 Å². The standard InChI is InChI=1S/C15H18BrNO3/c1-17-12(11-6-7-20-15(11)16)8-10-4-5-13(18-2)14(9-10)19-3/h4-7,9,12,17H,8H2,1-3H3. The summed E-state index contributed by atoms with van der Waals surface area (Å²) < 4.78 is 16.6. The molecule has 1 aromatic carbocycles. The van der Waals surface area contributed by atoms with Crippen LogP contribution >= 0.6 is 15.9 Å². The van der Waals surface area contributed by atoms with Crippen molar-refractivity contribution in [3.05, 3.63) is 46.3 Å². The molecule has 5 heteroatoms. The van der Waals surface area contributed by atoms with Crippen molar-refractivity contribution < 1.29 is 13.9 Å². The molecule has 2 rings (SSSR count). The molecule has 20 heavy (non-hydrogen) atoms. The third-order valence-electron chi connectivity index (χ3n) is 3.26. The minimum atomic E-state index is 0.168. The molecule has 0 aliphatic carbocycles. The summed E-state index contributed by atoms with van der Waals surface area (Å²) in [7, 11) is 5.21. The largest absolute Gasteiger partial charge is 0.493 e. The first-order valence-corrected chi connectivity index (χ1v) is 7.10. The van der Waals surface area contributed by atoms with Gasteiger partial charge in [0.15, 0.2) is 16.2 Å². The van der Waals surface area contributed by atoms with E-state index >= 15 is 0 Å². The van der Waals surface area contributed by atoms with Crippen LogP contribution in [0.1, 0.15) is 17.2 Å². The highest BCUT2D eigenvalue weighted by Gasteiger charge is 2.16. The van der Waals surface area contributed by atoms with Gasteiger partial charge in [-0.15, -0.1) is 0 Å². The van der Waals surface area contributed by atoms with E-state index in [2.05, 4.69) is 21.2 Å². The number of rotatable bonds is 6. The number of furan rings is 1. The van der Waals surface area contributed by atoms with Gasteiger partial charge in [-0.3, -0.25) is 0 Å². The van der Waals surface area contributed by atoms with Crippen LogP contribution in [0.15, 0.2) is 39.6 Å². The molecular formula is C15H18BrNO3. The van der Waals surface area contributed by atoms with Gasteiger partial charge in [-0.25, -0.2) is 0 Å². The number of methoxy groups -OCH3 is 2. The molecule has 1 unspecified atom stereocenters. The molecule has 0 bridgehead atoms. The first-order valence-electron chi connectivity index (χ1n) is 6.30. The lowest BCUT2D eigenvalue weighted by Gasteiger charge is -2.16. The minimum Gasteiger partial charge on any atom is -0.493 e. The molecule has 0 amide bonds. The topological polar surface area (TPSA) is 43.6 Å². The van der Waals surface area contributed by atoms with Crippen LogP contribution in [0.25, 0.3) is 0 Å². The van der Waals surface area contributed by atoms with Crippen LogP contribution in [0.3, 0.4) is 0 Å². The van der Waals surface area contributed by atoms with Crippen LogP contribution in [0.2, 0.25) is 0 Å². The first-order chi connectivity index (χ1) is 9.69. The van der Waals surface area contributed by atoms with Gasteiger partial charge in [-0.05, 0) is 53.2 Å². The second kappa shape index (κ2) is 6.81. The van der Waals surface area contributed by atoms with Gasteiger partial charge in [-0.2, -0.15) is 0 Å². The average Bonchev–Trinajstić information content (AvgIpc) is 2.90. The molecule has 2 aromatic rings. The summed E-state index contributed by atoms with van der Waals surface area (Å²) in [5.41, 5.74) is 2.26. The Morgan fingerprint density at radius 2 is 1.95 bits per heavy atom. The summed E-state index contributed by atoms with van der Waals surface area (Å²) in [6, 6.07) is 8.09. The van der Waals surface area contributed by atoms with Crippen LogP contribution in [0, 0.1) is 0 Å². The lowest BCUT2D eigenvalue weighted by Crippen LogP contribution is -2.18. The van der Waals surface area contributed by atoms with Crippen molar-refractivity contribution >= 4 is 15.9 Å². The molecule has 0 saturated heterocycles. The Labute approximate surface area is 127 Å². The van der Waals surface area contributed by atoms with Crippen molar-refractivity contribution in [3.8, 4) is 11.5 Å². The van der Waals surface area contributed by atoms with E-state index in [1.165, 1.54) is 0 Å². The van der Waals surface area contributed by atoms with E-state index in [-0.39, 0.29) is 6.04 Å². The summed E-state index contributed by atoms with van der Waals surface area (Å²) >= 11 is 3.42. The van der Waals surface area contributed by atoms with E-state index < -0.39 is 0 Å². The molecule has 4 nitrogen and oxygen atoms in total. The third-order valence-corrected chi connectivity index (χ3v) is 3.90. The SMILES string of the molecule is CNC(Cc1ccc(OC)c(OC)c1)c1ccoc1Br. The molecule has 1 atom stereocenters. The maximum absolute atomic E-state index is 5.33. The Morgan fingerprint density at radius 3 is 2.50 bits per heavy atom. The van der Waals surface area contributed by atoms with Gasteiger partial charge in [0, 0.05) is 11.6 Å². The molecule has 108 valence electrons. The number of hydrogen-bond acceptors (Lipinski definition) is 4. The first kappa shape index (κ1) is 14.9. The summed E-state index contributed by atoms with van der Waals surface area (Å²) in [6.45, 7) is 0.